The van der Waals surface area contributed by atoms with E-state index in [0.717, 1.165) is 18.4 Å². The molecule has 2 rings (SSSR count). The van der Waals surface area contributed by atoms with Gasteiger partial charge >= 0.3 is 0 Å². The highest BCUT2D eigenvalue weighted by Gasteiger charge is 2.14. The fraction of sp³-hybridized carbons (Fsp3) is 0.421. The van der Waals surface area contributed by atoms with Crippen LogP contribution in [0.2, 0.25) is 0 Å². The highest BCUT2D eigenvalue weighted by atomic mass is 16.5. The Kier molecular flexibility index (Phi) is 7.35. The van der Waals surface area contributed by atoms with Crippen molar-refractivity contribution >= 4 is 11.7 Å². The van der Waals surface area contributed by atoms with E-state index in [2.05, 4.69) is 20.6 Å². The topological polar surface area (TPSA) is 76.1 Å². The number of carbonyl (C=O) groups is 1. The number of nitrogens with zero attached hydrogens (tertiary/aromatic N) is 2. The maximum absolute atomic E-state index is 12.5. The molecule has 6 heteroatoms. The van der Waals surface area contributed by atoms with Gasteiger partial charge in [-0.2, -0.15) is 0 Å². The molecule has 2 N–H and O–H groups in total. The Labute approximate surface area is 149 Å². The molecule has 1 atom stereocenters. The highest BCUT2D eigenvalue weighted by molar-refractivity contribution is 5.93. The summed E-state index contributed by atoms with van der Waals surface area (Å²) in [6.07, 6.45) is 1.72. The van der Waals surface area contributed by atoms with Crippen LogP contribution in [-0.4, -0.2) is 42.2 Å². The molecule has 6 nitrogen and oxygen atoms in total. The Hall–Kier alpha value is -2.47. The zero-order chi connectivity index (χ0) is 18.1. The van der Waals surface area contributed by atoms with Crippen LogP contribution in [0.25, 0.3) is 11.4 Å². The molecule has 0 aliphatic carbocycles. The molecule has 2 aromatic rings. The second-order valence-corrected chi connectivity index (χ2v) is 5.88. The van der Waals surface area contributed by atoms with Crippen molar-refractivity contribution in [1.82, 2.24) is 15.3 Å². The Bertz CT molecular complexity index is 676. The maximum atomic E-state index is 12.5. The van der Waals surface area contributed by atoms with Gasteiger partial charge in [-0.15, -0.1) is 0 Å². The van der Waals surface area contributed by atoms with Gasteiger partial charge in [0.1, 0.15) is 11.5 Å². The van der Waals surface area contributed by atoms with E-state index in [1.165, 1.54) is 0 Å². The molecule has 1 unspecified atom stereocenters. The van der Waals surface area contributed by atoms with E-state index >= 15 is 0 Å². The lowest BCUT2D eigenvalue weighted by Crippen LogP contribution is -2.32. The third-order valence-corrected chi connectivity index (χ3v) is 3.81. The van der Waals surface area contributed by atoms with E-state index in [4.69, 9.17) is 4.74 Å². The first kappa shape index (κ1) is 18.9. The van der Waals surface area contributed by atoms with Crippen LogP contribution in [0.1, 0.15) is 37.2 Å². The van der Waals surface area contributed by atoms with Crippen LogP contribution in [0, 0.1) is 0 Å². The molecule has 0 saturated heterocycles. The maximum Gasteiger partial charge on any atom is 0.270 e. The number of ether oxygens (including phenoxy) is 1. The number of methoxy groups -OCH3 is 1. The summed E-state index contributed by atoms with van der Waals surface area (Å²) in [5.74, 6) is 0.986. The number of rotatable bonds is 9. The standard InChI is InChI=1S/C19H26N4O2/c1-4-14(2)21-19(24)16-13-17(20-11-8-12-25-3)23-18(22-16)15-9-6-5-7-10-15/h5-7,9-10,13-14H,4,8,11-12H2,1-3H3,(H,21,24)(H,20,22,23). The number of amides is 1. The van der Waals surface area contributed by atoms with Gasteiger partial charge in [-0.1, -0.05) is 37.3 Å². The number of benzene rings is 1. The van der Waals surface area contributed by atoms with Gasteiger partial charge in [0, 0.05) is 37.9 Å². The average Bonchev–Trinajstić information content (AvgIpc) is 2.65. The molecule has 0 saturated carbocycles. The summed E-state index contributed by atoms with van der Waals surface area (Å²) < 4.78 is 5.05. The zero-order valence-corrected chi connectivity index (χ0v) is 15.1. The van der Waals surface area contributed by atoms with Crippen molar-refractivity contribution in [2.45, 2.75) is 32.7 Å². The van der Waals surface area contributed by atoms with E-state index in [1.54, 1.807) is 13.2 Å². The molecule has 0 radical (unpaired) electrons. The van der Waals surface area contributed by atoms with Crippen molar-refractivity contribution in [1.29, 1.82) is 0 Å². The van der Waals surface area contributed by atoms with Gasteiger partial charge in [0.05, 0.1) is 0 Å². The third kappa shape index (κ3) is 5.83. The fourth-order valence-corrected chi connectivity index (χ4v) is 2.20. The van der Waals surface area contributed by atoms with Crippen LogP contribution < -0.4 is 10.6 Å². The predicted octanol–water partition coefficient (Wildman–Crippen LogP) is 3.12. The predicted molar refractivity (Wildman–Crippen MR) is 99.7 cm³/mol. The molecular formula is C19H26N4O2. The molecule has 1 aromatic carbocycles. The molecule has 0 spiro atoms. The van der Waals surface area contributed by atoms with Gasteiger partial charge in [-0.3, -0.25) is 4.79 Å². The number of hydrogen-bond acceptors (Lipinski definition) is 5. The van der Waals surface area contributed by atoms with Crippen molar-refractivity contribution in [3.05, 3.63) is 42.1 Å². The summed E-state index contributed by atoms with van der Waals surface area (Å²) in [5.41, 5.74) is 1.24. The number of carbonyl (C=O) groups excluding carboxylic acids is 1. The van der Waals surface area contributed by atoms with Crippen molar-refractivity contribution in [3.63, 3.8) is 0 Å². The van der Waals surface area contributed by atoms with Crippen LogP contribution in [0.3, 0.4) is 0 Å². The molecule has 0 aliphatic rings. The lowest BCUT2D eigenvalue weighted by atomic mass is 10.2. The fourth-order valence-electron chi connectivity index (χ4n) is 2.20. The van der Waals surface area contributed by atoms with E-state index in [-0.39, 0.29) is 11.9 Å². The molecule has 0 fully saturated rings. The van der Waals surface area contributed by atoms with Crippen LogP contribution >= 0.6 is 0 Å². The van der Waals surface area contributed by atoms with E-state index in [0.29, 0.717) is 30.5 Å². The summed E-state index contributed by atoms with van der Waals surface area (Å²) in [4.78, 5) is 21.5. The minimum absolute atomic E-state index is 0.0979. The molecule has 25 heavy (non-hydrogen) atoms. The van der Waals surface area contributed by atoms with Crippen LogP contribution in [-0.2, 0) is 4.74 Å². The molecule has 0 bridgehead atoms. The van der Waals surface area contributed by atoms with E-state index < -0.39 is 0 Å². The largest absolute Gasteiger partial charge is 0.385 e. The quantitative estimate of drug-likeness (QED) is 0.685. The van der Waals surface area contributed by atoms with Gasteiger partial charge < -0.3 is 15.4 Å². The number of hydrogen-bond donors (Lipinski definition) is 2. The SMILES string of the molecule is CCC(C)NC(=O)c1cc(NCCCOC)nc(-c2ccccc2)n1. The first-order valence-electron chi connectivity index (χ1n) is 8.62. The summed E-state index contributed by atoms with van der Waals surface area (Å²) in [6.45, 7) is 5.39. The zero-order valence-electron chi connectivity index (χ0n) is 15.1. The summed E-state index contributed by atoms with van der Waals surface area (Å²) in [5, 5.41) is 6.19. The van der Waals surface area contributed by atoms with Crippen molar-refractivity contribution in [3.8, 4) is 11.4 Å². The second-order valence-electron chi connectivity index (χ2n) is 5.88. The minimum Gasteiger partial charge on any atom is -0.385 e. The molecule has 1 amide bonds. The summed E-state index contributed by atoms with van der Waals surface area (Å²) in [7, 11) is 1.68. The molecule has 1 aromatic heterocycles. The normalized spacial score (nSPS) is 11.8. The first-order valence-corrected chi connectivity index (χ1v) is 8.62. The van der Waals surface area contributed by atoms with Crippen LogP contribution in [0.5, 0.6) is 0 Å². The van der Waals surface area contributed by atoms with Crippen LogP contribution in [0.4, 0.5) is 5.82 Å². The van der Waals surface area contributed by atoms with Gasteiger partial charge in [0.15, 0.2) is 5.82 Å². The Balaban J connectivity index is 2.26. The highest BCUT2D eigenvalue weighted by Crippen LogP contribution is 2.18. The molecule has 0 aliphatic heterocycles. The summed E-state index contributed by atoms with van der Waals surface area (Å²) >= 11 is 0. The van der Waals surface area contributed by atoms with Gasteiger partial charge in [0.2, 0.25) is 0 Å². The van der Waals surface area contributed by atoms with E-state index in [9.17, 15) is 4.79 Å². The number of nitrogens with one attached hydrogen (secondary N) is 2. The van der Waals surface area contributed by atoms with Crippen LogP contribution in [0.15, 0.2) is 36.4 Å². The second kappa shape index (κ2) is 9.74. The lowest BCUT2D eigenvalue weighted by molar-refractivity contribution is 0.0934. The molecule has 1 heterocycles. The third-order valence-electron chi connectivity index (χ3n) is 3.81. The van der Waals surface area contributed by atoms with Gasteiger partial charge in [0.25, 0.3) is 5.91 Å². The van der Waals surface area contributed by atoms with Crippen molar-refractivity contribution < 1.29 is 9.53 Å². The Morgan fingerprint density at radius 2 is 2.00 bits per heavy atom. The van der Waals surface area contributed by atoms with Crippen molar-refractivity contribution in [2.24, 2.45) is 0 Å². The smallest absolute Gasteiger partial charge is 0.270 e. The number of anilines is 1. The first-order chi connectivity index (χ1) is 12.1. The number of aromatic nitrogens is 2. The average molecular weight is 342 g/mol. The lowest BCUT2D eigenvalue weighted by Gasteiger charge is -2.13. The molecule has 134 valence electrons. The summed E-state index contributed by atoms with van der Waals surface area (Å²) in [6, 6.07) is 11.4. The van der Waals surface area contributed by atoms with E-state index in [1.807, 2.05) is 44.2 Å². The molecular weight excluding hydrogens is 316 g/mol. The van der Waals surface area contributed by atoms with Gasteiger partial charge in [-0.05, 0) is 19.8 Å². The Morgan fingerprint density at radius 1 is 1.24 bits per heavy atom. The monoisotopic (exact) mass is 342 g/mol. The van der Waals surface area contributed by atoms with Gasteiger partial charge in [-0.25, -0.2) is 9.97 Å². The Morgan fingerprint density at radius 3 is 2.68 bits per heavy atom. The minimum atomic E-state index is -0.186. The van der Waals surface area contributed by atoms with Crippen molar-refractivity contribution in [2.75, 3.05) is 25.6 Å².